The number of likely N-dealkylation sites (N-methyl/N-ethyl adjacent to an activating group) is 1. The van der Waals surface area contributed by atoms with E-state index in [1.807, 2.05) is 0 Å². The number of para-hydroxylation sites is 1. The summed E-state index contributed by atoms with van der Waals surface area (Å²) in [6.45, 7) is -1.14. The lowest BCUT2D eigenvalue weighted by molar-refractivity contribution is -0.139. The summed E-state index contributed by atoms with van der Waals surface area (Å²) in [7, 11) is -0.404. The molecule has 0 fully saturated rings. The highest BCUT2D eigenvalue weighted by molar-refractivity contribution is 7.90. The highest BCUT2D eigenvalue weighted by Gasteiger charge is 2.35. The molecule has 1 N–H and O–H groups in total. The van der Waals surface area contributed by atoms with Gasteiger partial charge in [-0.1, -0.05) is 60.7 Å². The highest BCUT2D eigenvalue weighted by Crippen LogP contribution is 2.24. The van der Waals surface area contributed by atoms with Crippen LogP contribution in [0.2, 0.25) is 0 Å². The SMILES string of the molecule is CNC(=O)[C@H](Cc1ccccc1)N(Cc1ccccc1F)C(=O)CN(c1ccccc1F)S(=O)(=O)N(C)C. The summed E-state index contributed by atoms with van der Waals surface area (Å²) in [6.07, 6.45) is 0.0842. The average Bonchev–Trinajstić information content (AvgIpc) is 2.90. The molecule has 0 bridgehead atoms. The van der Waals surface area contributed by atoms with E-state index in [-0.39, 0.29) is 24.2 Å². The second-order valence-electron chi connectivity index (χ2n) is 8.68. The minimum absolute atomic E-state index is 0.0842. The van der Waals surface area contributed by atoms with Crippen molar-refractivity contribution in [3.63, 3.8) is 0 Å². The van der Waals surface area contributed by atoms with E-state index in [0.717, 1.165) is 20.8 Å². The molecule has 0 aliphatic rings. The molecule has 0 unspecified atom stereocenters. The van der Waals surface area contributed by atoms with Gasteiger partial charge in [0.25, 0.3) is 0 Å². The lowest BCUT2D eigenvalue weighted by Gasteiger charge is -2.34. The first-order valence-corrected chi connectivity index (χ1v) is 13.2. The molecular formula is C27H30F2N4O4S. The number of amides is 2. The number of nitrogens with one attached hydrogen (secondary N) is 1. The molecule has 3 rings (SSSR count). The Morgan fingerprint density at radius 1 is 0.868 bits per heavy atom. The van der Waals surface area contributed by atoms with Crippen LogP contribution >= 0.6 is 0 Å². The molecule has 0 aromatic heterocycles. The molecule has 38 heavy (non-hydrogen) atoms. The molecule has 0 spiro atoms. The molecule has 0 aliphatic carbocycles. The van der Waals surface area contributed by atoms with Crippen molar-refractivity contribution in [2.45, 2.75) is 19.0 Å². The van der Waals surface area contributed by atoms with Crippen molar-refractivity contribution in [1.29, 1.82) is 0 Å². The van der Waals surface area contributed by atoms with Crippen LogP contribution < -0.4 is 9.62 Å². The van der Waals surface area contributed by atoms with Gasteiger partial charge in [-0.15, -0.1) is 0 Å². The zero-order chi connectivity index (χ0) is 27.9. The Balaban J connectivity index is 2.09. The second-order valence-corrected chi connectivity index (χ2v) is 10.7. The van der Waals surface area contributed by atoms with Crippen LogP contribution in [0.4, 0.5) is 14.5 Å². The van der Waals surface area contributed by atoms with Gasteiger partial charge in [-0.25, -0.2) is 13.1 Å². The summed E-state index contributed by atoms with van der Waals surface area (Å²) in [6, 6.07) is 18.8. The van der Waals surface area contributed by atoms with E-state index < -0.39 is 46.2 Å². The maximum atomic E-state index is 14.8. The summed E-state index contributed by atoms with van der Waals surface area (Å²) < 4.78 is 57.3. The first-order valence-electron chi connectivity index (χ1n) is 11.8. The van der Waals surface area contributed by atoms with Crippen molar-refractivity contribution in [3.05, 3.63) is 102 Å². The number of hydrogen-bond acceptors (Lipinski definition) is 4. The lowest BCUT2D eigenvalue weighted by Crippen LogP contribution is -2.54. The molecule has 1 atom stereocenters. The average molecular weight is 545 g/mol. The van der Waals surface area contributed by atoms with Crippen molar-refractivity contribution < 1.29 is 26.8 Å². The molecule has 0 saturated carbocycles. The summed E-state index contributed by atoms with van der Waals surface area (Å²) in [5.41, 5.74) is 0.537. The van der Waals surface area contributed by atoms with E-state index in [0.29, 0.717) is 4.31 Å². The fraction of sp³-hybridized carbons (Fsp3) is 0.259. The highest BCUT2D eigenvalue weighted by atomic mass is 32.2. The van der Waals surface area contributed by atoms with Gasteiger partial charge in [0.2, 0.25) is 11.8 Å². The number of halogens is 2. The number of benzene rings is 3. The quantitative estimate of drug-likeness (QED) is 0.402. The third kappa shape index (κ3) is 6.73. The van der Waals surface area contributed by atoms with E-state index in [2.05, 4.69) is 5.32 Å². The smallest absolute Gasteiger partial charge is 0.304 e. The summed E-state index contributed by atoms with van der Waals surface area (Å²) in [5.74, 6) is -2.77. The van der Waals surface area contributed by atoms with E-state index in [1.54, 1.807) is 36.4 Å². The van der Waals surface area contributed by atoms with E-state index in [9.17, 15) is 26.8 Å². The predicted octanol–water partition coefficient (Wildman–Crippen LogP) is 2.96. The van der Waals surface area contributed by atoms with Crippen LogP contribution in [0.5, 0.6) is 0 Å². The standard InChI is InChI=1S/C27H30F2N4O4S/c1-30-27(35)25(17-20-11-5-4-6-12-20)32(18-21-13-7-8-14-22(21)28)26(34)19-33(38(36,37)31(2)3)24-16-10-9-15-23(24)29/h4-16,25H,17-19H2,1-3H3,(H,30,35)/t25-/m0/s1. The Bertz CT molecular complexity index is 1370. The summed E-state index contributed by atoms with van der Waals surface area (Å²) >= 11 is 0. The van der Waals surface area contributed by atoms with Gasteiger partial charge in [0.1, 0.15) is 24.2 Å². The molecule has 2 amide bonds. The first-order chi connectivity index (χ1) is 18.1. The molecule has 3 aromatic rings. The third-order valence-corrected chi connectivity index (χ3v) is 7.76. The van der Waals surface area contributed by atoms with Crippen molar-refractivity contribution in [3.8, 4) is 0 Å². The van der Waals surface area contributed by atoms with Crippen LogP contribution in [0.3, 0.4) is 0 Å². The number of rotatable bonds is 11. The Morgan fingerprint density at radius 2 is 1.45 bits per heavy atom. The Kier molecular flexibility index (Phi) is 9.54. The molecule has 0 heterocycles. The largest absolute Gasteiger partial charge is 0.357 e. The molecule has 0 saturated heterocycles. The van der Waals surface area contributed by atoms with Crippen LogP contribution in [0.1, 0.15) is 11.1 Å². The minimum atomic E-state index is -4.33. The van der Waals surface area contributed by atoms with Crippen molar-refractivity contribution in [1.82, 2.24) is 14.5 Å². The first kappa shape index (κ1) is 28.7. The number of carbonyl (C=O) groups excluding carboxylic acids is 2. The van der Waals surface area contributed by atoms with Gasteiger partial charge in [0, 0.05) is 39.7 Å². The molecule has 3 aromatic carbocycles. The number of nitrogens with zero attached hydrogens (tertiary/aromatic N) is 3. The van der Waals surface area contributed by atoms with Crippen LogP contribution in [0.25, 0.3) is 0 Å². The maximum absolute atomic E-state index is 14.8. The zero-order valence-corrected chi connectivity index (χ0v) is 22.2. The van der Waals surface area contributed by atoms with Gasteiger partial charge in [0.05, 0.1) is 5.69 Å². The zero-order valence-electron chi connectivity index (χ0n) is 21.3. The molecule has 8 nitrogen and oxygen atoms in total. The monoisotopic (exact) mass is 544 g/mol. The molecule has 11 heteroatoms. The van der Waals surface area contributed by atoms with Gasteiger partial charge < -0.3 is 10.2 Å². The Morgan fingerprint density at radius 3 is 2.03 bits per heavy atom. The lowest BCUT2D eigenvalue weighted by atomic mass is 10.0. The fourth-order valence-corrected chi connectivity index (χ4v) is 4.95. The predicted molar refractivity (Wildman–Crippen MR) is 141 cm³/mol. The van der Waals surface area contributed by atoms with Crippen LogP contribution in [-0.2, 0) is 32.8 Å². The molecule has 0 radical (unpaired) electrons. The van der Waals surface area contributed by atoms with Crippen molar-refractivity contribution in [2.75, 3.05) is 32.0 Å². The Labute approximate surface area is 221 Å². The van der Waals surface area contributed by atoms with Crippen LogP contribution in [-0.4, -0.2) is 63.2 Å². The van der Waals surface area contributed by atoms with Gasteiger partial charge in [-0.2, -0.15) is 12.7 Å². The van der Waals surface area contributed by atoms with E-state index in [1.165, 1.54) is 57.5 Å². The third-order valence-electron chi connectivity index (χ3n) is 5.96. The fourth-order valence-electron chi connectivity index (χ4n) is 3.89. The van der Waals surface area contributed by atoms with Gasteiger partial charge in [-0.3, -0.25) is 9.59 Å². The van der Waals surface area contributed by atoms with Gasteiger partial charge in [0.15, 0.2) is 0 Å². The second kappa shape index (κ2) is 12.6. The topological polar surface area (TPSA) is 90.0 Å². The van der Waals surface area contributed by atoms with Gasteiger partial charge >= 0.3 is 10.2 Å². The molecule has 202 valence electrons. The van der Waals surface area contributed by atoms with Crippen molar-refractivity contribution >= 4 is 27.7 Å². The van der Waals surface area contributed by atoms with Gasteiger partial charge in [-0.05, 0) is 23.8 Å². The number of carbonyl (C=O) groups is 2. The summed E-state index contributed by atoms with van der Waals surface area (Å²) in [5, 5.41) is 2.54. The van der Waals surface area contributed by atoms with E-state index >= 15 is 0 Å². The maximum Gasteiger partial charge on any atom is 0.304 e. The molecular weight excluding hydrogens is 514 g/mol. The van der Waals surface area contributed by atoms with E-state index in [4.69, 9.17) is 0 Å². The number of hydrogen-bond donors (Lipinski definition) is 1. The molecule has 0 aliphatic heterocycles. The number of anilines is 1. The van der Waals surface area contributed by atoms with Crippen LogP contribution in [0, 0.1) is 11.6 Å². The van der Waals surface area contributed by atoms with Crippen LogP contribution in [0.15, 0.2) is 78.9 Å². The Hall–Kier alpha value is -3.83. The summed E-state index contributed by atoms with van der Waals surface area (Å²) in [4.78, 5) is 28.0. The minimum Gasteiger partial charge on any atom is -0.357 e. The van der Waals surface area contributed by atoms with Crippen molar-refractivity contribution in [2.24, 2.45) is 0 Å². The normalized spacial score (nSPS) is 12.2.